The minimum atomic E-state index is -0.543. The summed E-state index contributed by atoms with van der Waals surface area (Å²) in [5, 5.41) is 0. The van der Waals surface area contributed by atoms with Gasteiger partial charge >= 0.3 is 5.97 Å². The fraction of sp³-hybridized carbons (Fsp3) is 0.406. The van der Waals surface area contributed by atoms with E-state index in [1.54, 1.807) is 24.3 Å². The fourth-order valence-electron chi connectivity index (χ4n) is 4.26. The molecule has 2 heterocycles. The lowest BCUT2D eigenvalue weighted by atomic mass is 10.1. The Labute approximate surface area is 244 Å². The van der Waals surface area contributed by atoms with Gasteiger partial charge in [0.05, 0.1) is 25.4 Å². The maximum Gasteiger partial charge on any atom is 0.338 e. The molecule has 8 nitrogen and oxygen atoms in total. The highest BCUT2D eigenvalue weighted by atomic mass is 16.7. The molecule has 0 amide bonds. The number of fused-ring (bicyclic) bond motifs is 1. The van der Waals surface area contributed by atoms with E-state index in [-0.39, 0.29) is 34.2 Å². The van der Waals surface area contributed by atoms with Crippen LogP contribution in [0, 0.1) is 36.2 Å². The average Bonchev–Trinajstić information content (AvgIpc) is 3.57. The number of ether oxygens (including phenoxy) is 7. The van der Waals surface area contributed by atoms with Crippen LogP contribution in [-0.2, 0) is 18.9 Å². The topological polar surface area (TPSA) is 81.7 Å². The number of unbranched alkanes of at least 4 members (excludes halogenated alkanes) is 3. The van der Waals surface area contributed by atoms with Crippen molar-refractivity contribution in [3.05, 3.63) is 54.1 Å². The quantitative estimate of drug-likeness (QED) is 0.132. The van der Waals surface area contributed by atoms with Crippen LogP contribution >= 0.6 is 0 Å². The molecular weight excluding hydrogens is 512 g/mol. The summed E-state index contributed by atoms with van der Waals surface area (Å²) in [5.74, 6) is 10.9. The summed E-state index contributed by atoms with van der Waals surface area (Å²) in [6.07, 6.45) is 10.5. The van der Waals surface area contributed by atoms with E-state index in [0.717, 1.165) is 12.2 Å². The number of carbonyl (C=O) groups is 1. The van der Waals surface area contributed by atoms with Gasteiger partial charge in [0.2, 0.25) is 0 Å². The number of rotatable bonds is 13. The van der Waals surface area contributed by atoms with Gasteiger partial charge in [0.15, 0.2) is 12.9 Å². The summed E-state index contributed by atoms with van der Waals surface area (Å²) >= 11 is 0. The first-order chi connectivity index (χ1) is 19.7. The molecular formula is C32H44O8. The highest BCUT2D eigenvalue weighted by Gasteiger charge is 2.50. The lowest BCUT2D eigenvalue weighted by molar-refractivity contribution is -0.0839. The molecule has 0 bridgehead atoms. The van der Waals surface area contributed by atoms with E-state index in [2.05, 4.69) is 36.7 Å². The van der Waals surface area contributed by atoms with Crippen molar-refractivity contribution < 1.29 is 46.5 Å². The lowest BCUT2D eigenvalue weighted by Crippen LogP contribution is -2.35. The Bertz CT molecular complexity index is 1280. The first-order valence-electron chi connectivity index (χ1n) is 13.3. The Kier molecular flexibility index (Phi) is 11.2. The van der Waals surface area contributed by atoms with Gasteiger partial charge in [-0.25, -0.2) is 4.79 Å². The van der Waals surface area contributed by atoms with Crippen molar-refractivity contribution in [3.8, 4) is 53.5 Å². The number of benzene rings is 2. The van der Waals surface area contributed by atoms with Crippen molar-refractivity contribution in [1.82, 2.24) is 0 Å². The van der Waals surface area contributed by atoms with Crippen LogP contribution < -0.4 is 14.2 Å². The van der Waals surface area contributed by atoms with Crippen molar-refractivity contribution in [3.63, 3.8) is 0 Å². The summed E-state index contributed by atoms with van der Waals surface area (Å²) in [6.45, 7) is 3.48. The second kappa shape index (κ2) is 15.5. The molecule has 2 aliphatic rings. The molecule has 4 atom stereocenters. The van der Waals surface area contributed by atoms with E-state index in [1.165, 1.54) is 19.3 Å². The SMILES string of the molecule is C#CC#CC#COc1ccc(C(=O)O[C@@H]2CO[C@H]3[C@@H]2OC[C@@H]3OCOc2ccc(OCCCCCC)cc2)cc1.[HH].[HH].[HH].[HH].[HH].[HH]. The lowest BCUT2D eigenvalue weighted by Gasteiger charge is -2.17. The normalized spacial score (nSPS) is 20.6. The van der Waals surface area contributed by atoms with Gasteiger partial charge in [-0.3, -0.25) is 0 Å². The number of hydrogen-bond donors (Lipinski definition) is 0. The largest absolute Gasteiger partial charge is 0.494 e. The molecule has 2 aromatic rings. The standard InChI is InChI=1S/C32H32O8.6H2/c1-3-5-7-9-19-34-25-13-11-24(12-14-25)32(33)40-29-22-37-30-28(21-36-31(29)30)39-23-38-27-17-15-26(16-18-27)35-20-10-8-6-4-2;;;;;;/h1,11-18,28-31H,4,6,8,10,20-23H2,2H3;6*1H/t28-,29+,30+,31+;;;;;;/m0....../s1. The smallest absolute Gasteiger partial charge is 0.338 e. The summed E-state index contributed by atoms with van der Waals surface area (Å²) in [4.78, 5) is 12.7. The number of terminal acetylenes is 1. The van der Waals surface area contributed by atoms with Crippen molar-refractivity contribution in [1.29, 1.82) is 0 Å². The molecule has 0 unspecified atom stereocenters. The van der Waals surface area contributed by atoms with Gasteiger partial charge < -0.3 is 33.2 Å². The number of carbonyl (C=O) groups excluding carboxylic acids is 1. The zero-order valence-electron chi connectivity index (χ0n) is 22.4. The molecule has 8 heteroatoms. The van der Waals surface area contributed by atoms with Gasteiger partial charge in [-0.05, 0) is 66.8 Å². The Morgan fingerprint density at radius 3 is 2.27 bits per heavy atom. The highest BCUT2D eigenvalue weighted by molar-refractivity contribution is 5.89. The van der Waals surface area contributed by atoms with E-state index >= 15 is 0 Å². The van der Waals surface area contributed by atoms with E-state index in [4.69, 9.17) is 39.6 Å². The van der Waals surface area contributed by atoms with Crippen LogP contribution in [0.15, 0.2) is 48.5 Å². The molecule has 40 heavy (non-hydrogen) atoms. The summed E-state index contributed by atoms with van der Waals surface area (Å²) in [7, 11) is 0. The molecule has 0 radical (unpaired) electrons. The van der Waals surface area contributed by atoms with E-state index in [9.17, 15) is 4.79 Å². The third kappa shape index (κ3) is 8.43. The van der Waals surface area contributed by atoms with Crippen molar-refractivity contribution in [2.45, 2.75) is 57.0 Å². The Balaban J connectivity index is -0.00000308. The molecule has 2 aromatic carbocycles. The van der Waals surface area contributed by atoms with Crippen molar-refractivity contribution in [2.24, 2.45) is 0 Å². The zero-order valence-corrected chi connectivity index (χ0v) is 22.4. The van der Waals surface area contributed by atoms with Crippen LogP contribution in [-0.4, -0.2) is 57.0 Å². The van der Waals surface area contributed by atoms with Crippen LogP contribution in [0.3, 0.4) is 0 Å². The third-order valence-electron chi connectivity index (χ3n) is 6.33. The van der Waals surface area contributed by atoms with Crippen molar-refractivity contribution in [2.75, 3.05) is 26.6 Å². The average molecular weight is 557 g/mol. The third-order valence-corrected chi connectivity index (χ3v) is 6.33. The molecule has 2 fully saturated rings. The predicted octanol–water partition coefficient (Wildman–Crippen LogP) is 5.84. The van der Waals surface area contributed by atoms with Crippen molar-refractivity contribution >= 4 is 5.97 Å². The summed E-state index contributed by atoms with van der Waals surface area (Å²) in [5.41, 5.74) is 0.364. The van der Waals surface area contributed by atoms with Gasteiger partial charge in [-0.2, -0.15) is 0 Å². The van der Waals surface area contributed by atoms with E-state index in [0.29, 0.717) is 30.3 Å². The zero-order chi connectivity index (χ0) is 28.0. The van der Waals surface area contributed by atoms with Gasteiger partial charge in [-0.1, -0.05) is 26.2 Å². The predicted molar refractivity (Wildman–Crippen MR) is 159 cm³/mol. The Hall–Kier alpha value is -4.13. The van der Waals surface area contributed by atoms with Gasteiger partial charge in [-0.15, -0.1) is 6.42 Å². The van der Waals surface area contributed by atoms with E-state index in [1.807, 2.05) is 24.3 Å². The maximum atomic E-state index is 12.7. The minimum absolute atomic E-state index is 0. The first kappa shape index (κ1) is 28.9. The molecule has 2 aliphatic heterocycles. The van der Waals surface area contributed by atoms with Gasteiger partial charge in [0, 0.05) is 20.4 Å². The van der Waals surface area contributed by atoms with Crippen LogP contribution in [0.25, 0.3) is 0 Å². The van der Waals surface area contributed by atoms with Gasteiger partial charge in [0.25, 0.3) is 0 Å². The molecule has 0 saturated carbocycles. The monoisotopic (exact) mass is 556 g/mol. The molecule has 2 saturated heterocycles. The molecule has 0 aromatic heterocycles. The Morgan fingerprint density at radius 2 is 1.55 bits per heavy atom. The van der Waals surface area contributed by atoms with Crippen LogP contribution in [0.1, 0.15) is 51.5 Å². The number of hydrogen-bond acceptors (Lipinski definition) is 8. The molecule has 4 rings (SSSR count). The second-order valence-corrected chi connectivity index (χ2v) is 9.14. The van der Waals surface area contributed by atoms with Gasteiger partial charge in [0.1, 0.15) is 41.7 Å². The number of esters is 1. The van der Waals surface area contributed by atoms with Crippen LogP contribution in [0.5, 0.6) is 17.2 Å². The summed E-state index contributed by atoms with van der Waals surface area (Å²) in [6, 6.07) is 13.9. The molecule has 0 N–H and O–H groups in total. The fourth-order valence-corrected chi connectivity index (χ4v) is 4.26. The first-order valence-corrected chi connectivity index (χ1v) is 13.3. The van der Waals surface area contributed by atoms with Crippen LogP contribution in [0.4, 0.5) is 0 Å². The Morgan fingerprint density at radius 1 is 0.875 bits per heavy atom. The highest BCUT2D eigenvalue weighted by Crippen LogP contribution is 2.31. The minimum Gasteiger partial charge on any atom is -0.494 e. The molecule has 0 aliphatic carbocycles. The van der Waals surface area contributed by atoms with Crippen LogP contribution in [0.2, 0.25) is 0 Å². The van der Waals surface area contributed by atoms with E-state index < -0.39 is 18.2 Å². The maximum absolute atomic E-state index is 12.7. The second-order valence-electron chi connectivity index (χ2n) is 9.14. The molecule has 220 valence electrons. The summed E-state index contributed by atoms with van der Waals surface area (Å²) < 4.78 is 40.0. The molecule has 0 spiro atoms.